The summed E-state index contributed by atoms with van der Waals surface area (Å²) in [5.41, 5.74) is 0. The van der Waals surface area contributed by atoms with E-state index in [1.807, 2.05) is 7.05 Å². The third kappa shape index (κ3) is 2.59. The average Bonchev–Trinajstić information content (AvgIpc) is 3.01. The molecule has 1 aromatic heterocycles. The molecule has 0 aromatic carbocycles. The molecule has 2 unspecified atom stereocenters. The Hall–Kier alpha value is -0.940. The number of nitrogens with zero attached hydrogens (tertiary/aromatic N) is 2. The average molecular weight is 225 g/mol. The molecule has 0 saturated heterocycles. The van der Waals surface area contributed by atoms with Gasteiger partial charge in [-0.2, -0.15) is 4.98 Å². The van der Waals surface area contributed by atoms with Crippen LogP contribution in [0.15, 0.2) is 4.52 Å². The van der Waals surface area contributed by atoms with E-state index in [9.17, 15) is 0 Å². The van der Waals surface area contributed by atoms with Crippen molar-refractivity contribution < 1.29 is 9.26 Å². The summed E-state index contributed by atoms with van der Waals surface area (Å²) in [4.78, 5) is 4.39. The lowest BCUT2D eigenvalue weighted by atomic mass is 10.2. The summed E-state index contributed by atoms with van der Waals surface area (Å²) in [6.45, 7) is 2.08. The number of aromatic nitrogens is 2. The van der Waals surface area contributed by atoms with Crippen molar-refractivity contribution in [3.63, 3.8) is 0 Å². The van der Waals surface area contributed by atoms with Gasteiger partial charge in [-0.05, 0) is 32.7 Å². The van der Waals surface area contributed by atoms with Crippen LogP contribution in [0, 0.1) is 5.92 Å². The topological polar surface area (TPSA) is 60.2 Å². The first-order valence-electron chi connectivity index (χ1n) is 5.77. The normalized spacial score (nSPS) is 19.7. The van der Waals surface area contributed by atoms with Gasteiger partial charge in [-0.25, -0.2) is 0 Å². The number of hydrogen-bond donors (Lipinski definition) is 1. The molecule has 0 radical (unpaired) electrons. The van der Waals surface area contributed by atoms with Gasteiger partial charge in [0.15, 0.2) is 0 Å². The predicted molar refractivity (Wildman–Crippen MR) is 59.0 cm³/mol. The minimum Gasteiger partial charge on any atom is -0.373 e. The van der Waals surface area contributed by atoms with E-state index in [1.165, 1.54) is 12.8 Å². The maximum atomic E-state index is 5.40. The van der Waals surface area contributed by atoms with Crippen molar-refractivity contribution in [2.24, 2.45) is 5.92 Å². The predicted octanol–water partition coefficient (Wildman–Crippen LogP) is 1.32. The molecule has 1 N–H and O–H groups in total. The summed E-state index contributed by atoms with van der Waals surface area (Å²) < 4.78 is 10.6. The summed E-state index contributed by atoms with van der Waals surface area (Å²) in [5, 5.41) is 7.14. The number of nitrogens with one attached hydrogen (secondary N) is 1. The molecule has 16 heavy (non-hydrogen) atoms. The van der Waals surface area contributed by atoms with Crippen molar-refractivity contribution in [3.8, 4) is 0 Å². The van der Waals surface area contributed by atoms with Gasteiger partial charge in [0, 0.05) is 19.6 Å². The van der Waals surface area contributed by atoms with Crippen molar-refractivity contribution in [1.29, 1.82) is 0 Å². The van der Waals surface area contributed by atoms with Crippen LogP contribution in [0.1, 0.15) is 37.6 Å². The van der Waals surface area contributed by atoms with Gasteiger partial charge in [-0.15, -0.1) is 0 Å². The molecule has 1 heterocycles. The monoisotopic (exact) mass is 225 g/mol. The van der Waals surface area contributed by atoms with Gasteiger partial charge in [0.25, 0.3) is 0 Å². The lowest BCUT2D eigenvalue weighted by Crippen LogP contribution is -2.23. The summed E-state index contributed by atoms with van der Waals surface area (Å²) in [7, 11) is 3.62. The fraction of sp³-hybridized carbons (Fsp3) is 0.818. The lowest BCUT2D eigenvalue weighted by molar-refractivity contribution is 0.0751. The van der Waals surface area contributed by atoms with Gasteiger partial charge in [0.2, 0.25) is 11.7 Å². The molecule has 1 saturated carbocycles. The van der Waals surface area contributed by atoms with Crippen molar-refractivity contribution in [3.05, 3.63) is 11.7 Å². The number of ether oxygens (including phenoxy) is 1. The molecule has 2 rings (SSSR count). The number of methoxy groups -OCH3 is 1. The zero-order valence-corrected chi connectivity index (χ0v) is 10.1. The van der Waals surface area contributed by atoms with E-state index in [4.69, 9.17) is 9.26 Å². The van der Waals surface area contributed by atoms with Crippen molar-refractivity contribution in [2.75, 3.05) is 14.2 Å². The molecule has 1 aliphatic carbocycles. The van der Waals surface area contributed by atoms with Gasteiger partial charge in [-0.1, -0.05) is 5.16 Å². The van der Waals surface area contributed by atoms with Crippen LogP contribution < -0.4 is 5.32 Å². The molecule has 5 heteroatoms. The second-order valence-electron chi connectivity index (χ2n) is 4.43. The first-order valence-corrected chi connectivity index (χ1v) is 5.77. The molecule has 0 bridgehead atoms. The Labute approximate surface area is 95.6 Å². The Kier molecular flexibility index (Phi) is 3.56. The summed E-state index contributed by atoms with van der Waals surface area (Å²) >= 11 is 0. The van der Waals surface area contributed by atoms with Crippen LogP contribution in [-0.4, -0.2) is 30.3 Å². The van der Waals surface area contributed by atoms with Crippen LogP contribution in [0.2, 0.25) is 0 Å². The minimum absolute atomic E-state index is 0.0161. The van der Waals surface area contributed by atoms with Crippen molar-refractivity contribution in [2.45, 2.75) is 38.3 Å². The highest BCUT2D eigenvalue weighted by Gasteiger charge is 2.35. The van der Waals surface area contributed by atoms with Crippen LogP contribution in [0.3, 0.4) is 0 Å². The highest BCUT2D eigenvalue weighted by Crippen LogP contribution is 2.41. The first-order chi connectivity index (χ1) is 7.74. The molecular weight excluding hydrogens is 206 g/mol. The van der Waals surface area contributed by atoms with Gasteiger partial charge in [-0.3, -0.25) is 0 Å². The third-order valence-electron chi connectivity index (χ3n) is 3.02. The zero-order valence-electron chi connectivity index (χ0n) is 10.1. The molecular formula is C11H19N3O2. The lowest BCUT2D eigenvalue weighted by Gasteiger charge is -2.08. The Morgan fingerprint density at radius 1 is 1.56 bits per heavy atom. The van der Waals surface area contributed by atoms with Crippen molar-refractivity contribution in [1.82, 2.24) is 15.5 Å². The van der Waals surface area contributed by atoms with Gasteiger partial charge in [0.1, 0.15) is 6.10 Å². The van der Waals surface area contributed by atoms with E-state index < -0.39 is 0 Å². The molecule has 1 aromatic rings. The second-order valence-corrected chi connectivity index (χ2v) is 4.43. The number of hydrogen-bond acceptors (Lipinski definition) is 5. The van der Waals surface area contributed by atoms with E-state index in [2.05, 4.69) is 22.4 Å². The Balaban J connectivity index is 2.00. The van der Waals surface area contributed by atoms with E-state index >= 15 is 0 Å². The quantitative estimate of drug-likeness (QED) is 0.791. The standard InChI is InChI=1S/C11H19N3O2/c1-7(12-2)6-9-13-11(14-16-9)10(15-3)8-4-5-8/h7-8,10,12H,4-6H2,1-3H3. The van der Waals surface area contributed by atoms with Crippen LogP contribution in [0.4, 0.5) is 0 Å². The van der Waals surface area contributed by atoms with Crippen LogP contribution in [0.5, 0.6) is 0 Å². The van der Waals surface area contributed by atoms with Gasteiger partial charge in [0.05, 0.1) is 0 Å². The summed E-state index contributed by atoms with van der Waals surface area (Å²) in [6.07, 6.45) is 3.18. The maximum absolute atomic E-state index is 5.40. The van der Waals surface area contributed by atoms with E-state index in [0.29, 0.717) is 23.7 Å². The molecule has 5 nitrogen and oxygen atoms in total. The number of likely N-dealkylation sites (N-methyl/N-ethyl adjacent to an activating group) is 1. The van der Waals surface area contributed by atoms with Crippen molar-refractivity contribution >= 4 is 0 Å². The Morgan fingerprint density at radius 2 is 2.31 bits per heavy atom. The highest BCUT2D eigenvalue weighted by molar-refractivity contribution is 4.98. The fourth-order valence-electron chi connectivity index (χ4n) is 1.74. The molecule has 90 valence electrons. The van der Waals surface area contributed by atoms with E-state index in [0.717, 1.165) is 6.42 Å². The van der Waals surface area contributed by atoms with Crippen LogP contribution in [0.25, 0.3) is 0 Å². The summed E-state index contributed by atoms with van der Waals surface area (Å²) in [5.74, 6) is 1.96. The molecule has 0 aliphatic heterocycles. The molecule has 1 fully saturated rings. The SMILES string of the molecule is CNC(C)Cc1nc(C(OC)C2CC2)no1. The highest BCUT2D eigenvalue weighted by atomic mass is 16.5. The van der Waals surface area contributed by atoms with Gasteiger partial charge >= 0.3 is 0 Å². The largest absolute Gasteiger partial charge is 0.373 e. The van der Waals surface area contributed by atoms with E-state index in [1.54, 1.807) is 7.11 Å². The fourth-order valence-corrected chi connectivity index (χ4v) is 1.74. The smallest absolute Gasteiger partial charge is 0.228 e. The zero-order chi connectivity index (χ0) is 11.5. The van der Waals surface area contributed by atoms with Crippen LogP contribution >= 0.6 is 0 Å². The Bertz CT molecular complexity index is 336. The molecule has 2 atom stereocenters. The molecule has 0 amide bonds. The Morgan fingerprint density at radius 3 is 2.88 bits per heavy atom. The molecule has 0 spiro atoms. The summed E-state index contributed by atoms with van der Waals surface area (Å²) in [6, 6.07) is 0.343. The van der Waals surface area contributed by atoms with Crippen LogP contribution in [-0.2, 0) is 11.2 Å². The van der Waals surface area contributed by atoms with Gasteiger partial charge < -0.3 is 14.6 Å². The first kappa shape index (κ1) is 11.5. The third-order valence-corrected chi connectivity index (χ3v) is 3.02. The number of rotatable bonds is 6. The second kappa shape index (κ2) is 4.93. The molecule has 1 aliphatic rings. The maximum Gasteiger partial charge on any atom is 0.228 e. The van der Waals surface area contributed by atoms with E-state index in [-0.39, 0.29) is 6.10 Å². The minimum atomic E-state index is 0.0161.